The highest BCUT2D eigenvalue weighted by molar-refractivity contribution is 5.83. The summed E-state index contributed by atoms with van der Waals surface area (Å²) in [6.45, 7) is 6.20. The fourth-order valence-corrected chi connectivity index (χ4v) is 3.19. The third-order valence-corrected chi connectivity index (χ3v) is 4.34. The van der Waals surface area contributed by atoms with Crippen LogP contribution in [0.2, 0.25) is 0 Å². The van der Waals surface area contributed by atoms with Crippen LogP contribution in [0.1, 0.15) is 38.7 Å². The van der Waals surface area contributed by atoms with Crippen LogP contribution in [0.5, 0.6) is 0 Å². The number of β-amino-alcohol motifs (C(OH)–C–C–N with tert-alkyl or cyclic N) is 1. The normalized spacial score (nSPS) is 21.9. The number of hydrogen-bond donors (Lipinski definition) is 1. The standard InChI is InChI=1S/C20H25NO4/c1-20(2,3)24-19(23)25-21-11-10-17(18(22)13-21)16-9-8-14-6-4-5-7-15(14)12-16/h4-9,12,17-18,22H,10-11,13H2,1-3H3. The van der Waals surface area contributed by atoms with Crippen LogP contribution < -0.4 is 0 Å². The molecule has 0 aromatic heterocycles. The van der Waals surface area contributed by atoms with Crippen LogP contribution in [0, 0.1) is 0 Å². The van der Waals surface area contributed by atoms with Gasteiger partial charge in [0.05, 0.1) is 12.6 Å². The SMILES string of the molecule is CC(C)(C)OC(=O)ON1CCC(c2ccc3ccccc3c2)C(O)C1. The zero-order valence-corrected chi connectivity index (χ0v) is 14.9. The second kappa shape index (κ2) is 7.02. The first-order valence-electron chi connectivity index (χ1n) is 8.64. The molecular formula is C20H25NO4. The molecule has 2 aromatic rings. The molecule has 2 unspecified atom stereocenters. The van der Waals surface area contributed by atoms with Crippen molar-refractivity contribution in [1.29, 1.82) is 0 Å². The summed E-state index contributed by atoms with van der Waals surface area (Å²) in [5.74, 6) is 0.0306. The maximum absolute atomic E-state index is 11.8. The summed E-state index contributed by atoms with van der Waals surface area (Å²) < 4.78 is 5.15. The van der Waals surface area contributed by atoms with Gasteiger partial charge in [0, 0.05) is 12.5 Å². The van der Waals surface area contributed by atoms with Gasteiger partial charge in [0.15, 0.2) is 0 Å². The average Bonchev–Trinajstić information content (AvgIpc) is 2.52. The number of nitrogens with zero attached hydrogens (tertiary/aromatic N) is 1. The lowest BCUT2D eigenvalue weighted by atomic mass is 9.87. The Morgan fingerprint density at radius 2 is 1.88 bits per heavy atom. The first kappa shape index (κ1) is 17.7. The molecule has 1 aliphatic rings. The predicted molar refractivity (Wildman–Crippen MR) is 96.2 cm³/mol. The fourth-order valence-electron chi connectivity index (χ4n) is 3.19. The fraction of sp³-hybridized carbons (Fsp3) is 0.450. The number of hydroxylamine groups is 2. The van der Waals surface area contributed by atoms with Crippen molar-refractivity contribution in [2.75, 3.05) is 13.1 Å². The minimum atomic E-state index is -0.733. The molecule has 1 heterocycles. The number of carbonyl (C=O) groups is 1. The molecule has 25 heavy (non-hydrogen) atoms. The molecule has 0 aliphatic carbocycles. The highest BCUT2D eigenvalue weighted by atomic mass is 16.8. The van der Waals surface area contributed by atoms with Gasteiger partial charge in [-0.2, -0.15) is 0 Å². The molecule has 0 radical (unpaired) electrons. The number of hydrogen-bond acceptors (Lipinski definition) is 5. The van der Waals surface area contributed by atoms with Crippen molar-refractivity contribution in [3.8, 4) is 0 Å². The summed E-state index contributed by atoms with van der Waals surface area (Å²) in [4.78, 5) is 17.0. The van der Waals surface area contributed by atoms with Gasteiger partial charge in [-0.3, -0.25) is 0 Å². The number of carbonyl (C=O) groups excluding carboxylic acids is 1. The largest absolute Gasteiger partial charge is 0.528 e. The second-order valence-corrected chi connectivity index (χ2v) is 7.51. The van der Waals surface area contributed by atoms with Gasteiger partial charge in [-0.15, -0.1) is 5.06 Å². The summed E-state index contributed by atoms with van der Waals surface area (Å²) in [6.07, 6.45) is -0.622. The average molecular weight is 343 g/mol. The monoisotopic (exact) mass is 343 g/mol. The van der Waals surface area contributed by atoms with Gasteiger partial charge in [0.25, 0.3) is 0 Å². The minimum Gasteiger partial charge on any atom is -0.427 e. The molecule has 5 heteroatoms. The Bertz CT molecular complexity index is 753. The van der Waals surface area contributed by atoms with Gasteiger partial charge in [-0.1, -0.05) is 42.5 Å². The van der Waals surface area contributed by atoms with Crippen LogP contribution in [0.25, 0.3) is 10.8 Å². The molecule has 1 fully saturated rings. The molecule has 3 rings (SSSR count). The molecule has 1 saturated heterocycles. The maximum atomic E-state index is 11.8. The van der Waals surface area contributed by atoms with Gasteiger partial charge in [0.2, 0.25) is 0 Å². The lowest BCUT2D eigenvalue weighted by molar-refractivity contribution is -0.170. The van der Waals surface area contributed by atoms with Crippen molar-refractivity contribution in [3.05, 3.63) is 48.0 Å². The van der Waals surface area contributed by atoms with E-state index in [0.717, 1.165) is 5.56 Å². The first-order valence-corrected chi connectivity index (χ1v) is 8.64. The molecule has 0 amide bonds. The van der Waals surface area contributed by atoms with Gasteiger partial charge in [-0.05, 0) is 43.5 Å². The van der Waals surface area contributed by atoms with E-state index in [1.165, 1.54) is 15.8 Å². The van der Waals surface area contributed by atoms with Gasteiger partial charge in [-0.25, -0.2) is 4.79 Å². The van der Waals surface area contributed by atoms with Crippen molar-refractivity contribution in [1.82, 2.24) is 5.06 Å². The quantitative estimate of drug-likeness (QED) is 0.839. The Labute approximate surface area is 148 Å². The van der Waals surface area contributed by atoms with E-state index in [1.807, 2.05) is 12.1 Å². The van der Waals surface area contributed by atoms with Crippen LogP contribution >= 0.6 is 0 Å². The molecular weight excluding hydrogens is 318 g/mol. The summed E-state index contributed by atoms with van der Waals surface area (Å²) in [7, 11) is 0. The summed E-state index contributed by atoms with van der Waals surface area (Å²) in [5, 5.41) is 14.4. The Balaban J connectivity index is 1.64. The maximum Gasteiger partial charge on any atom is 0.528 e. The van der Waals surface area contributed by atoms with Crippen molar-refractivity contribution < 1.29 is 19.5 Å². The molecule has 1 N–H and O–H groups in total. The van der Waals surface area contributed by atoms with Crippen LogP contribution in [0.15, 0.2) is 42.5 Å². The van der Waals surface area contributed by atoms with Crippen LogP contribution in [0.4, 0.5) is 4.79 Å². The van der Waals surface area contributed by atoms with E-state index in [1.54, 1.807) is 20.8 Å². The van der Waals surface area contributed by atoms with Gasteiger partial charge < -0.3 is 14.7 Å². The van der Waals surface area contributed by atoms with Crippen molar-refractivity contribution in [2.24, 2.45) is 0 Å². The Kier molecular flexibility index (Phi) is 4.97. The van der Waals surface area contributed by atoms with Gasteiger partial charge >= 0.3 is 6.16 Å². The van der Waals surface area contributed by atoms with E-state index in [2.05, 4.69) is 30.3 Å². The van der Waals surface area contributed by atoms with E-state index >= 15 is 0 Å². The van der Waals surface area contributed by atoms with Crippen LogP contribution in [-0.4, -0.2) is 41.1 Å². The van der Waals surface area contributed by atoms with E-state index < -0.39 is 17.9 Å². The lowest BCUT2D eigenvalue weighted by Gasteiger charge is -2.35. The number of benzene rings is 2. The second-order valence-electron chi connectivity index (χ2n) is 7.51. The highest BCUT2D eigenvalue weighted by Crippen LogP contribution is 2.30. The Hall–Kier alpha value is -2.11. The Morgan fingerprint density at radius 1 is 1.16 bits per heavy atom. The number of ether oxygens (including phenoxy) is 1. The summed E-state index contributed by atoms with van der Waals surface area (Å²) >= 11 is 0. The van der Waals surface area contributed by atoms with Crippen LogP contribution in [-0.2, 0) is 9.57 Å². The molecule has 0 spiro atoms. The molecule has 2 atom stereocenters. The number of piperidine rings is 1. The van der Waals surface area contributed by atoms with Crippen molar-refractivity contribution in [2.45, 2.75) is 44.8 Å². The zero-order valence-electron chi connectivity index (χ0n) is 14.9. The number of aliphatic hydroxyl groups excluding tert-OH is 1. The predicted octanol–water partition coefficient (Wildman–Crippen LogP) is 3.86. The third kappa shape index (κ3) is 4.50. The minimum absolute atomic E-state index is 0.0306. The third-order valence-electron chi connectivity index (χ3n) is 4.34. The number of aliphatic hydroxyl groups is 1. The number of rotatable bonds is 2. The first-order chi connectivity index (χ1) is 11.8. The summed E-state index contributed by atoms with van der Waals surface area (Å²) in [5.41, 5.74) is 0.516. The van der Waals surface area contributed by atoms with E-state index in [9.17, 15) is 9.90 Å². The smallest absolute Gasteiger partial charge is 0.427 e. The molecule has 2 aromatic carbocycles. The molecule has 0 saturated carbocycles. The van der Waals surface area contributed by atoms with E-state index in [0.29, 0.717) is 13.0 Å². The van der Waals surface area contributed by atoms with Crippen LogP contribution in [0.3, 0.4) is 0 Å². The van der Waals surface area contributed by atoms with Crippen molar-refractivity contribution in [3.63, 3.8) is 0 Å². The summed E-state index contributed by atoms with van der Waals surface area (Å²) in [6, 6.07) is 14.5. The Morgan fingerprint density at radius 3 is 2.56 bits per heavy atom. The van der Waals surface area contributed by atoms with E-state index in [4.69, 9.17) is 9.57 Å². The molecule has 0 bridgehead atoms. The lowest BCUT2D eigenvalue weighted by Crippen LogP contribution is -2.44. The van der Waals surface area contributed by atoms with Gasteiger partial charge in [0.1, 0.15) is 5.60 Å². The zero-order chi connectivity index (χ0) is 18.0. The van der Waals surface area contributed by atoms with E-state index in [-0.39, 0.29) is 12.5 Å². The molecule has 1 aliphatic heterocycles. The highest BCUT2D eigenvalue weighted by Gasteiger charge is 2.32. The van der Waals surface area contributed by atoms with Crippen molar-refractivity contribution >= 4 is 16.9 Å². The molecule has 5 nitrogen and oxygen atoms in total. The molecule has 134 valence electrons. The topological polar surface area (TPSA) is 59.0 Å². The number of fused-ring (bicyclic) bond motifs is 1.